The molecule has 2 aromatic carbocycles. The lowest BCUT2D eigenvalue weighted by Gasteiger charge is -2.14. The Hall–Kier alpha value is -3.15. The largest absolute Gasteiger partial charge is 0.505 e. The van der Waals surface area contributed by atoms with Gasteiger partial charge in [-0.05, 0) is 41.8 Å². The molecule has 0 unspecified atom stereocenters. The molecule has 1 heterocycles. The minimum Gasteiger partial charge on any atom is -0.505 e. The molecule has 0 atom stereocenters. The average Bonchev–Trinajstić information content (AvgIpc) is 3.14. The zero-order chi connectivity index (χ0) is 18.0. The number of methoxy groups -OCH3 is 1. The third kappa shape index (κ3) is 3.24. The van der Waals surface area contributed by atoms with Gasteiger partial charge in [-0.1, -0.05) is 12.1 Å². The van der Waals surface area contributed by atoms with Crippen LogP contribution >= 0.6 is 0 Å². The highest BCUT2D eigenvalue weighted by Gasteiger charge is 2.17. The van der Waals surface area contributed by atoms with Gasteiger partial charge in [0.05, 0.1) is 7.11 Å². The maximum Gasteiger partial charge on any atom is 0.263 e. The van der Waals surface area contributed by atoms with Crippen molar-refractivity contribution in [3.8, 4) is 11.5 Å². The number of rotatable bonds is 4. The van der Waals surface area contributed by atoms with Crippen molar-refractivity contribution in [2.45, 2.75) is 13.3 Å². The Kier molecular flexibility index (Phi) is 4.52. The summed E-state index contributed by atoms with van der Waals surface area (Å²) in [6, 6.07) is 7.90. The first-order valence-electron chi connectivity index (χ1n) is 7.67. The topological polar surface area (TPSA) is 64.4 Å². The molecule has 3 rings (SSSR count). The second-order valence-corrected chi connectivity index (χ2v) is 5.68. The van der Waals surface area contributed by atoms with E-state index in [1.807, 2.05) is 6.92 Å². The summed E-state index contributed by atoms with van der Waals surface area (Å²) in [5, 5.41) is 9.55. The van der Waals surface area contributed by atoms with Crippen molar-refractivity contribution in [2.24, 2.45) is 0 Å². The fourth-order valence-electron chi connectivity index (χ4n) is 2.71. The van der Waals surface area contributed by atoms with Crippen LogP contribution in [0.2, 0.25) is 0 Å². The minimum absolute atomic E-state index is 0.188. The highest BCUT2D eigenvalue weighted by atomic mass is 19.1. The van der Waals surface area contributed by atoms with Crippen LogP contribution in [0.15, 0.2) is 49.1 Å². The number of carbonyl (C=O) groups is 1. The molecule has 5 nitrogen and oxygen atoms in total. The number of phenolic OH excluding ortho intramolecular Hbond substituents is 1. The molecular weight excluding hydrogens is 323 g/mol. The van der Waals surface area contributed by atoms with E-state index in [4.69, 9.17) is 4.74 Å². The molecule has 0 amide bonds. The number of hydrogen-bond acceptors (Lipinski definition) is 4. The van der Waals surface area contributed by atoms with E-state index < -0.39 is 11.6 Å². The smallest absolute Gasteiger partial charge is 0.263 e. The zero-order valence-electron chi connectivity index (χ0n) is 13.9. The molecule has 0 saturated heterocycles. The van der Waals surface area contributed by atoms with Gasteiger partial charge in [-0.15, -0.1) is 0 Å². The molecule has 0 spiro atoms. The number of imidazole rings is 1. The molecule has 0 aliphatic rings. The molecule has 1 N–H and O–H groups in total. The van der Waals surface area contributed by atoms with E-state index in [9.17, 15) is 14.3 Å². The Balaban J connectivity index is 2.05. The van der Waals surface area contributed by atoms with Gasteiger partial charge in [0.15, 0.2) is 11.6 Å². The van der Waals surface area contributed by atoms with Crippen molar-refractivity contribution in [3.63, 3.8) is 0 Å². The summed E-state index contributed by atoms with van der Waals surface area (Å²) in [5.74, 6) is -0.747. The normalized spacial score (nSPS) is 10.7. The van der Waals surface area contributed by atoms with Crippen LogP contribution in [0.1, 0.15) is 27.0 Å². The summed E-state index contributed by atoms with van der Waals surface area (Å²) in [4.78, 5) is 16.5. The number of phenols is 1. The minimum atomic E-state index is -0.674. The Morgan fingerprint density at radius 1 is 1.32 bits per heavy atom. The molecule has 128 valence electrons. The van der Waals surface area contributed by atoms with Gasteiger partial charge in [0, 0.05) is 24.4 Å². The van der Waals surface area contributed by atoms with Crippen LogP contribution in [0.5, 0.6) is 11.5 Å². The summed E-state index contributed by atoms with van der Waals surface area (Å²) >= 11 is 0. The number of aromatic hydroxyl groups is 1. The van der Waals surface area contributed by atoms with Crippen molar-refractivity contribution < 1.29 is 19.0 Å². The van der Waals surface area contributed by atoms with Crippen molar-refractivity contribution in [3.05, 3.63) is 77.1 Å². The van der Waals surface area contributed by atoms with E-state index in [-0.39, 0.29) is 12.3 Å². The summed E-state index contributed by atoms with van der Waals surface area (Å²) in [5.41, 5.74) is 2.20. The Morgan fingerprint density at radius 3 is 2.80 bits per heavy atom. The summed E-state index contributed by atoms with van der Waals surface area (Å²) in [6.07, 6.45) is 4.72. The predicted octanol–water partition coefficient (Wildman–Crippen LogP) is 3.32. The van der Waals surface area contributed by atoms with E-state index in [2.05, 4.69) is 4.98 Å². The Morgan fingerprint density at radius 2 is 2.12 bits per heavy atom. The van der Waals surface area contributed by atoms with Gasteiger partial charge in [-0.3, -0.25) is 9.36 Å². The van der Waals surface area contributed by atoms with Crippen LogP contribution in [0, 0.1) is 12.7 Å². The molecule has 0 aliphatic heterocycles. The molecule has 0 saturated carbocycles. The first kappa shape index (κ1) is 16.7. The summed E-state index contributed by atoms with van der Waals surface area (Å²) in [7, 11) is 1.52. The summed E-state index contributed by atoms with van der Waals surface area (Å²) in [6.45, 7) is 1.81. The van der Waals surface area contributed by atoms with Crippen LogP contribution in [0.4, 0.5) is 4.39 Å². The van der Waals surface area contributed by atoms with Gasteiger partial charge in [0.25, 0.3) is 5.91 Å². The lowest BCUT2D eigenvalue weighted by atomic mass is 9.97. The lowest BCUT2D eigenvalue weighted by Crippen LogP contribution is -2.12. The number of ether oxygens (including phenoxy) is 1. The predicted molar refractivity (Wildman–Crippen MR) is 90.6 cm³/mol. The molecule has 0 fully saturated rings. The number of aromatic nitrogens is 2. The number of aryl methyl sites for hydroxylation is 1. The van der Waals surface area contributed by atoms with Gasteiger partial charge in [-0.25, -0.2) is 9.37 Å². The van der Waals surface area contributed by atoms with Crippen LogP contribution in [-0.4, -0.2) is 27.7 Å². The molecule has 0 aliphatic carbocycles. The molecular formula is C19H17FN2O3. The van der Waals surface area contributed by atoms with E-state index in [0.29, 0.717) is 22.4 Å². The third-order valence-electron chi connectivity index (χ3n) is 4.04. The van der Waals surface area contributed by atoms with Crippen molar-refractivity contribution >= 4 is 5.91 Å². The summed E-state index contributed by atoms with van der Waals surface area (Å²) < 4.78 is 20.9. The van der Waals surface area contributed by atoms with E-state index in [1.165, 1.54) is 30.3 Å². The quantitative estimate of drug-likeness (QED) is 0.791. The molecule has 6 heteroatoms. The van der Waals surface area contributed by atoms with Gasteiger partial charge >= 0.3 is 0 Å². The Labute approximate surface area is 144 Å². The molecule has 0 bridgehead atoms. The van der Waals surface area contributed by atoms with Crippen molar-refractivity contribution in [1.29, 1.82) is 0 Å². The zero-order valence-corrected chi connectivity index (χ0v) is 13.9. The van der Waals surface area contributed by atoms with Crippen LogP contribution < -0.4 is 4.74 Å². The number of nitrogens with zero attached hydrogens (tertiary/aromatic N) is 2. The maximum absolute atomic E-state index is 14.1. The SMILES string of the molecule is COc1cc(C)c(C(=O)n2ccnc2)cc1Cc1cccc(O)c1F. The van der Waals surface area contributed by atoms with Crippen LogP contribution in [-0.2, 0) is 6.42 Å². The maximum atomic E-state index is 14.1. The van der Waals surface area contributed by atoms with Gasteiger partial charge in [-0.2, -0.15) is 0 Å². The van der Waals surface area contributed by atoms with Gasteiger partial charge in [0.1, 0.15) is 12.1 Å². The second-order valence-electron chi connectivity index (χ2n) is 5.68. The average molecular weight is 340 g/mol. The van der Waals surface area contributed by atoms with Gasteiger partial charge in [0.2, 0.25) is 0 Å². The Bertz CT molecular complexity index is 921. The highest BCUT2D eigenvalue weighted by Crippen LogP contribution is 2.29. The van der Waals surface area contributed by atoms with Crippen molar-refractivity contribution in [2.75, 3.05) is 7.11 Å². The molecule has 3 aromatic rings. The van der Waals surface area contributed by atoms with E-state index >= 15 is 0 Å². The molecule has 0 radical (unpaired) electrons. The van der Waals surface area contributed by atoms with Gasteiger partial charge < -0.3 is 9.84 Å². The highest BCUT2D eigenvalue weighted by molar-refractivity contribution is 5.97. The van der Waals surface area contributed by atoms with E-state index in [0.717, 1.165) is 5.56 Å². The van der Waals surface area contributed by atoms with Crippen molar-refractivity contribution in [1.82, 2.24) is 9.55 Å². The molecule has 1 aromatic heterocycles. The molecule has 25 heavy (non-hydrogen) atoms. The number of hydrogen-bond donors (Lipinski definition) is 1. The number of benzene rings is 2. The first-order valence-corrected chi connectivity index (χ1v) is 7.67. The first-order chi connectivity index (χ1) is 12.0. The standard InChI is InChI=1S/C19H17FN2O3/c1-12-8-17(25-2)14(9-13-4-3-5-16(23)18(13)20)10-15(12)19(24)22-7-6-21-11-22/h3-8,10-11,23H,9H2,1-2H3. The fraction of sp³-hybridized carbons (Fsp3) is 0.158. The van der Waals surface area contributed by atoms with Crippen LogP contribution in [0.25, 0.3) is 0 Å². The second kappa shape index (κ2) is 6.76. The lowest BCUT2D eigenvalue weighted by molar-refractivity contribution is 0.0959. The van der Waals surface area contributed by atoms with E-state index in [1.54, 1.807) is 30.5 Å². The number of carbonyl (C=O) groups excluding carboxylic acids is 1. The fourth-order valence-corrected chi connectivity index (χ4v) is 2.71. The number of halogens is 1. The third-order valence-corrected chi connectivity index (χ3v) is 4.04. The van der Waals surface area contributed by atoms with Crippen LogP contribution in [0.3, 0.4) is 0 Å². The monoisotopic (exact) mass is 340 g/mol.